The summed E-state index contributed by atoms with van der Waals surface area (Å²) in [6.07, 6.45) is 2.87. The first kappa shape index (κ1) is 15.4. The molecule has 18 heavy (non-hydrogen) atoms. The molecule has 0 saturated carbocycles. The zero-order valence-electron chi connectivity index (χ0n) is 11.2. The first-order valence-corrected chi connectivity index (χ1v) is 7.66. The van der Waals surface area contributed by atoms with E-state index >= 15 is 0 Å². The monoisotopic (exact) mass is 278 g/mol. The molecule has 2 unspecified atom stereocenters. The fraction of sp³-hybridized carbons (Fsp3) is 0.909. The molecule has 0 amide bonds. The van der Waals surface area contributed by atoms with Gasteiger partial charge in [-0.25, -0.2) is 0 Å². The molecule has 1 fully saturated rings. The van der Waals surface area contributed by atoms with E-state index in [-0.39, 0.29) is 12.5 Å². The second kappa shape index (κ2) is 6.49. The molecule has 1 aliphatic rings. The van der Waals surface area contributed by atoms with E-state index in [0.717, 1.165) is 19.3 Å². The molecular weight excluding hydrogens is 256 g/mol. The van der Waals surface area contributed by atoms with Gasteiger partial charge >= 0.3 is 5.97 Å². The van der Waals surface area contributed by atoms with Gasteiger partial charge in [-0.1, -0.05) is 6.42 Å². The van der Waals surface area contributed by atoms with Crippen molar-refractivity contribution >= 4 is 16.2 Å². The van der Waals surface area contributed by atoms with Crippen LogP contribution in [-0.4, -0.2) is 44.4 Å². The van der Waals surface area contributed by atoms with Crippen LogP contribution >= 0.6 is 0 Å². The molecule has 0 aromatic heterocycles. The fourth-order valence-electron chi connectivity index (χ4n) is 2.13. The van der Waals surface area contributed by atoms with Gasteiger partial charge in [0.25, 0.3) is 10.2 Å². The van der Waals surface area contributed by atoms with Crippen LogP contribution in [0.3, 0.4) is 0 Å². The van der Waals surface area contributed by atoms with Gasteiger partial charge in [0.05, 0.1) is 13.5 Å². The predicted molar refractivity (Wildman–Crippen MR) is 68.2 cm³/mol. The van der Waals surface area contributed by atoms with Gasteiger partial charge in [-0.15, -0.1) is 0 Å². The first-order chi connectivity index (χ1) is 8.36. The van der Waals surface area contributed by atoms with E-state index in [1.807, 2.05) is 6.92 Å². The SMILES string of the molecule is COC(=O)CC(C)NS(=O)(=O)N1CCCCC1C. The quantitative estimate of drug-likeness (QED) is 0.749. The summed E-state index contributed by atoms with van der Waals surface area (Å²) < 4.78 is 32.8. The second-order valence-electron chi connectivity index (χ2n) is 4.76. The van der Waals surface area contributed by atoms with Crippen LogP contribution in [0.5, 0.6) is 0 Å². The van der Waals surface area contributed by atoms with Gasteiger partial charge in [-0.2, -0.15) is 17.4 Å². The third-order valence-corrected chi connectivity index (χ3v) is 4.96. The fourth-order valence-corrected chi connectivity index (χ4v) is 3.80. The number of ether oxygens (including phenoxy) is 1. The molecule has 0 aromatic rings. The maximum absolute atomic E-state index is 12.1. The Bertz CT molecular complexity index is 383. The van der Waals surface area contributed by atoms with Crippen molar-refractivity contribution in [1.29, 1.82) is 0 Å². The summed E-state index contributed by atoms with van der Waals surface area (Å²) >= 11 is 0. The molecule has 0 bridgehead atoms. The molecule has 0 radical (unpaired) electrons. The summed E-state index contributed by atoms with van der Waals surface area (Å²) in [4.78, 5) is 11.1. The van der Waals surface area contributed by atoms with Crippen molar-refractivity contribution in [2.75, 3.05) is 13.7 Å². The van der Waals surface area contributed by atoms with Crippen LogP contribution in [0.1, 0.15) is 39.5 Å². The molecule has 6 nitrogen and oxygen atoms in total. The topological polar surface area (TPSA) is 75.7 Å². The zero-order chi connectivity index (χ0) is 13.8. The van der Waals surface area contributed by atoms with E-state index in [9.17, 15) is 13.2 Å². The Balaban J connectivity index is 2.60. The highest BCUT2D eigenvalue weighted by Gasteiger charge is 2.30. The maximum atomic E-state index is 12.1. The Kier molecular flexibility index (Phi) is 5.55. The summed E-state index contributed by atoms with van der Waals surface area (Å²) in [6.45, 7) is 4.11. The highest BCUT2D eigenvalue weighted by Crippen LogP contribution is 2.19. The minimum atomic E-state index is -3.51. The Morgan fingerprint density at radius 3 is 2.72 bits per heavy atom. The number of esters is 1. The summed E-state index contributed by atoms with van der Waals surface area (Å²) in [5.74, 6) is -0.420. The molecule has 7 heteroatoms. The van der Waals surface area contributed by atoms with Crippen molar-refractivity contribution in [3.8, 4) is 0 Å². The number of carbonyl (C=O) groups is 1. The van der Waals surface area contributed by atoms with Crippen LogP contribution in [0.2, 0.25) is 0 Å². The lowest BCUT2D eigenvalue weighted by atomic mass is 10.1. The molecule has 1 saturated heterocycles. The van der Waals surface area contributed by atoms with Gasteiger partial charge in [0.1, 0.15) is 0 Å². The van der Waals surface area contributed by atoms with Crippen molar-refractivity contribution in [3.05, 3.63) is 0 Å². The number of hydrogen-bond acceptors (Lipinski definition) is 4. The molecular formula is C11H22N2O4S. The molecule has 1 aliphatic heterocycles. The van der Waals surface area contributed by atoms with Crippen molar-refractivity contribution in [2.45, 2.75) is 51.6 Å². The summed E-state index contributed by atoms with van der Waals surface area (Å²) in [6, 6.07) is -0.446. The third-order valence-electron chi connectivity index (χ3n) is 3.10. The normalized spacial score (nSPS) is 23.6. The molecule has 1 N–H and O–H groups in total. The lowest BCUT2D eigenvalue weighted by molar-refractivity contribution is -0.140. The summed E-state index contributed by atoms with van der Waals surface area (Å²) in [7, 11) is -2.22. The lowest BCUT2D eigenvalue weighted by Gasteiger charge is -2.33. The minimum Gasteiger partial charge on any atom is -0.469 e. The number of hydrogen-bond donors (Lipinski definition) is 1. The van der Waals surface area contributed by atoms with Crippen LogP contribution in [0.4, 0.5) is 0 Å². The summed E-state index contributed by atoms with van der Waals surface area (Å²) in [5.41, 5.74) is 0. The van der Waals surface area contributed by atoms with E-state index in [4.69, 9.17) is 0 Å². The van der Waals surface area contributed by atoms with E-state index in [2.05, 4.69) is 9.46 Å². The van der Waals surface area contributed by atoms with Gasteiger partial charge in [-0.05, 0) is 26.7 Å². The summed E-state index contributed by atoms with van der Waals surface area (Å²) in [5, 5.41) is 0. The average molecular weight is 278 g/mol. The Morgan fingerprint density at radius 2 is 2.17 bits per heavy atom. The number of carbonyl (C=O) groups excluding carboxylic acids is 1. The Morgan fingerprint density at radius 1 is 1.50 bits per heavy atom. The van der Waals surface area contributed by atoms with Gasteiger partial charge < -0.3 is 4.74 Å². The van der Waals surface area contributed by atoms with Crippen LogP contribution in [0, 0.1) is 0 Å². The highest BCUT2D eigenvalue weighted by atomic mass is 32.2. The largest absolute Gasteiger partial charge is 0.469 e. The van der Waals surface area contributed by atoms with Gasteiger partial charge in [-0.3, -0.25) is 4.79 Å². The van der Waals surface area contributed by atoms with Crippen molar-refractivity contribution in [3.63, 3.8) is 0 Å². The smallest absolute Gasteiger partial charge is 0.307 e. The molecule has 2 atom stereocenters. The molecule has 0 aliphatic carbocycles. The van der Waals surface area contributed by atoms with Crippen molar-refractivity contribution in [1.82, 2.24) is 9.03 Å². The highest BCUT2D eigenvalue weighted by molar-refractivity contribution is 7.87. The van der Waals surface area contributed by atoms with E-state index in [1.165, 1.54) is 11.4 Å². The van der Waals surface area contributed by atoms with Crippen LogP contribution < -0.4 is 4.72 Å². The first-order valence-electron chi connectivity index (χ1n) is 6.22. The van der Waals surface area contributed by atoms with Crippen molar-refractivity contribution in [2.24, 2.45) is 0 Å². The molecule has 0 aromatic carbocycles. The number of rotatable bonds is 5. The van der Waals surface area contributed by atoms with Gasteiger partial charge in [0.2, 0.25) is 0 Å². The second-order valence-corrected chi connectivity index (χ2v) is 6.41. The molecule has 1 heterocycles. The third kappa shape index (κ3) is 4.22. The predicted octanol–water partition coefficient (Wildman–Crippen LogP) is 0.647. The van der Waals surface area contributed by atoms with Crippen LogP contribution in [-0.2, 0) is 19.7 Å². The molecule has 1 rings (SSSR count). The standard InChI is InChI=1S/C11H22N2O4S/c1-9(8-11(14)17-3)12-18(15,16)13-7-5-4-6-10(13)2/h9-10,12H,4-8H2,1-3H3. The Hall–Kier alpha value is -0.660. The van der Waals surface area contributed by atoms with Gasteiger partial charge in [0.15, 0.2) is 0 Å². The Labute approximate surface area is 109 Å². The van der Waals surface area contributed by atoms with Gasteiger partial charge in [0, 0.05) is 18.6 Å². The molecule has 106 valence electrons. The maximum Gasteiger partial charge on any atom is 0.307 e. The number of methoxy groups -OCH3 is 1. The minimum absolute atomic E-state index is 0.0153. The zero-order valence-corrected chi connectivity index (χ0v) is 12.0. The van der Waals surface area contributed by atoms with E-state index in [1.54, 1.807) is 6.92 Å². The van der Waals surface area contributed by atoms with Crippen molar-refractivity contribution < 1.29 is 17.9 Å². The number of nitrogens with zero attached hydrogens (tertiary/aromatic N) is 1. The number of piperidine rings is 1. The van der Waals surface area contributed by atoms with Crippen LogP contribution in [0.15, 0.2) is 0 Å². The lowest BCUT2D eigenvalue weighted by Crippen LogP contribution is -2.50. The molecule has 0 spiro atoms. The van der Waals surface area contributed by atoms with E-state index < -0.39 is 22.2 Å². The number of nitrogens with one attached hydrogen (secondary N) is 1. The average Bonchev–Trinajstić information content (AvgIpc) is 2.28. The van der Waals surface area contributed by atoms with E-state index in [0.29, 0.717) is 6.54 Å². The van der Waals surface area contributed by atoms with Crippen LogP contribution in [0.25, 0.3) is 0 Å².